The molecule has 0 saturated carbocycles. The Bertz CT molecular complexity index is 2370. The summed E-state index contributed by atoms with van der Waals surface area (Å²) in [6, 6.07) is 15.1. The number of carboxylic acids is 1. The quantitative estimate of drug-likeness (QED) is 0.0694. The highest BCUT2D eigenvalue weighted by Crippen LogP contribution is 2.29. The molecule has 4 aromatic heterocycles. The molecule has 0 spiro atoms. The zero-order valence-electron chi connectivity index (χ0n) is 36.2. The number of ether oxygens (including phenoxy) is 2. The van der Waals surface area contributed by atoms with E-state index >= 15 is 0 Å². The molecule has 0 aliphatic heterocycles. The van der Waals surface area contributed by atoms with Gasteiger partial charge in [-0.05, 0) is 64.3 Å². The van der Waals surface area contributed by atoms with Gasteiger partial charge in [0.25, 0.3) is 0 Å². The summed E-state index contributed by atoms with van der Waals surface area (Å²) >= 11 is 0. The molecule has 0 atom stereocenters. The normalized spacial score (nSPS) is 10.3. The van der Waals surface area contributed by atoms with E-state index in [1.165, 1.54) is 12.6 Å². The summed E-state index contributed by atoms with van der Waals surface area (Å²) in [4.78, 5) is 39.5. The summed E-state index contributed by atoms with van der Waals surface area (Å²) in [5.41, 5.74) is 6.50. The number of aryl methyl sites for hydroxylation is 2. The molecule has 6 rings (SSSR count). The average Bonchev–Trinajstić information content (AvgIpc) is 3.91. The average molecular weight is 880 g/mol. The number of halogens is 3. The van der Waals surface area contributed by atoms with Crippen molar-refractivity contribution in [2.45, 2.75) is 54.3 Å². The van der Waals surface area contributed by atoms with Gasteiger partial charge in [-0.1, -0.05) is 27.7 Å². The number of aldehydes is 1. The van der Waals surface area contributed by atoms with Crippen LogP contribution < -0.4 is 30.7 Å². The Morgan fingerprint density at radius 1 is 0.778 bits per heavy atom. The lowest BCUT2D eigenvalue weighted by molar-refractivity contribution is -0.192. The fourth-order valence-corrected chi connectivity index (χ4v) is 5.12. The molecule has 4 heterocycles. The highest BCUT2D eigenvalue weighted by molar-refractivity contribution is 5.74. The van der Waals surface area contributed by atoms with Crippen LogP contribution in [0.25, 0.3) is 11.4 Å². The Labute approximate surface area is 364 Å². The molecule has 340 valence electrons. The van der Waals surface area contributed by atoms with Crippen LogP contribution in [0, 0.1) is 13.8 Å². The van der Waals surface area contributed by atoms with Gasteiger partial charge in [0.05, 0.1) is 32.2 Å². The van der Waals surface area contributed by atoms with Crippen molar-refractivity contribution in [2.24, 2.45) is 0 Å². The van der Waals surface area contributed by atoms with E-state index in [0.717, 1.165) is 64.2 Å². The summed E-state index contributed by atoms with van der Waals surface area (Å²) < 4.78 is 46.0. The second kappa shape index (κ2) is 24.8. The number of carboxylic acid groups (broad SMARTS) is 1. The molecule has 2 aromatic carbocycles. The van der Waals surface area contributed by atoms with Crippen molar-refractivity contribution in [1.82, 2.24) is 44.4 Å². The van der Waals surface area contributed by atoms with E-state index < -0.39 is 12.1 Å². The van der Waals surface area contributed by atoms with Crippen LogP contribution in [-0.2, 0) is 11.3 Å². The summed E-state index contributed by atoms with van der Waals surface area (Å²) in [7, 11) is 10.9. The number of carbonyl (C=O) groups excluding carboxylic acids is 1. The first kappa shape index (κ1) is 51.8. The van der Waals surface area contributed by atoms with Gasteiger partial charge >= 0.3 is 12.1 Å². The van der Waals surface area contributed by atoms with Gasteiger partial charge in [-0.3, -0.25) is 4.79 Å². The molecule has 5 N–H and O–H groups in total. The zero-order valence-corrected chi connectivity index (χ0v) is 36.2. The Balaban J connectivity index is 0.000000353. The maximum absolute atomic E-state index is 10.9. The number of aliphatic carboxylic acids is 1. The second-order valence-electron chi connectivity index (χ2n) is 13.3. The van der Waals surface area contributed by atoms with Gasteiger partial charge in [-0.25, -0.2) is 24.1 Å². The van der Waals surface area contributed by atoms with E-state index in [4.69, 9.17) is 19.4 Å². The Kier molecular flexibility index (Phi) is 20.4. The first-order valence-corrected chi connectivity index (χ1v) is 18.9. The number of aromatic nitrogens is 8. The summed E-state index contributed by atoms with van der Waals surface area (Å²) in [5, 5.41) is 28.3. The highest BCUT2D eigenvalue weighted by atomic mass is 19.4. The minimum Gasteiger partial charge on any atom is -0.494 e. The molecule has 0 saturated heterocycles. The van der Waals surface area contributed by atoms with Crippen LogP contribution in [0.1, 0.15) is 55.0 Å². The van der Waals surface area contributed by atoms with Gasteiger partial charge in [-0.15, -0.1) is 0 Å². The van der Waals surface area contributed by atoms with Crippen LogP contribution in [0.4, 0.5) is 48.1 Å². The van der Waals surface area contributed by atoms with E-state index in [0.29, 0.717) is 28.9 Å². The SMILES string of the molecule is C.CCC.CNc1cc(C)nc(Nc2ccc(OC)c(-n3cc(C=O)cn3)c2)n1.CNc1cc(C)nc(Nc2ccc(OC)c(-n3cc(CN(C)C)cn3)c2)n1.O=C(O)C(F)(F)F. The lowest BCUT2D eigenvalue weighted by atomic mass is 10.2. The number of nitrogens with zero attached hydrogens (tertiary/aromatic N) is 9. The smallest absolute Gasteiger partial charge is 0.490 e. The molecule has 0 unspecified atom stereocenters. The fraction of sp³-hybridized carbons (Fsp3) is 0.333. The van der Waals surface area contributed by atoms with E-state index in [9.17, 15) is 18.0 Å². The molecule has 21 heteroatoms. The third-order valence-corrected chi connectivity index (χ3v) is 7.70. The molecular formula is C42H56F3N13O5. The van der Waals surface area contributed by atoms with Crippen LogP contribution in [0.2, 0.25) is 0 Å². The van der Waals surface area contributed by atoms with Gasteiger partial charge in [0.2, 0.25) is 11.9 Å². The van der Waals surface area contributed by atoms with Crippen LogP contribution in [0.15, 0.2) is 73.3 Å². The Morgan fingerprint density at radius 3 is 1.57 bits per heavy atom. The van der Waals surface area contributed by atoms with Crippen molar-refractivity contribution < 1.29 is 37.3 Å². The van der Waals surface area contributed by atoms with Crippen LogP contribution in [0.3, 0.4) is 0 Å². The van der Waals surface area contributed by atoms with E-state index in [-0.39, 0.29) is 7.43 Å². The first-order valence-electron chi connectivity index (χ1n) is 18.9. The zero-order chi connectivity index (χ0) is 46.0. The van der Waals surface area contributed by atoms with Gasteiger partial charge < -0.3 is 40.7 Å². The number of nitrogens with one attached hydrogen (secondary N) is 4. The van der Waals surface area contributed by atoms with Crippen molar-refractivity contribution in [3.8, 4) is 22.9 Å². The molecular weight excluding hydrogens is 824 g/mol. The molecule has 0 bridgehead atoms. The number of methoxy groups -OCH3 is 2. The van der Waals surface area contributed by atoms with Crippen molar-refractivity contribution in [3.63, 3.8) is 0 Å². The topological polar surface area (TPSA) is 211 Å². The molecule has 18 nitrogen and oxygen atoms in total. The van der Waals surface area contributed by atoms with Gasteiger partial charge in [-0.2, -0.15) is 33.3 Å². The highest BCUT2D eigenvalue weighted by Gasteiger charge is 2.38. The second-order valence-corrected chi connectivity index (χ2v) is 13.3. The molecule has 0 radical (unpaired) electrons. The van der Waals surface area contributed by atoms with E-state index in [1.54, 1.807) is 32.1 Å². The monoisotopic (exact) mass is 879 g/mol. The molecule has 0 amide bonds. The van der Waals surface area contributed by atoms with Gasteiger partial charge in [0.1, 0.15) is 34.5 Å². The summed E-state index contributed by atoms with van der Waals surface area (Å²) in [6.45, 7) is 8.91. The van der Waals surface area contributed by atoms with Gasteiger partial charge in [0, 0.05) is 73.5 Å². The van der Waals surface area contributed by atoms with Crippen LogP contribution >= 0.6 is 0 Å². The maximum Gasteiger partial charge on any atom is 0.490 e. The van der Waals surface area contributed by atoms with Crippen LogP contribution in [0.5, 0.6) is 11.5 Å². The fourth-order valence-electron chi connectivity index (χ4n) is 5.12. The van der Waals surface area contributed by atoms with Crippen molar-refractivity contribution in [3.05, 3.63) is 95.8 Å². The molecule has 63 heavy (non-hydrogen) atoms. The molecule has 0 aliphatic carbocycles. The number of carbonyl (C=O) groups is 2. The molecule has 0 aliphatic rings. The number of rotatable bonds is 13. The Hall–Kier alpha value is -7.29. The van der Waals surface area contributed by atoms with Crippen molar-refractivity contribution in [2.75, 3.05) is 63.7 Å². The van der Waals surface area contributed by atoms with E-state index in [1.807, 2.05) is 101 Å². The number of anilines is 6. The van der Waals surface area contributed by atoms with Crippen molar-refractivity contribution in [1.29, 1.82) is 0 Å². The lowest BCUT2D eigenvalue weighted by Crippen LogP contribution is -2.21. The van der Waals surface area contributed by atoms with Crippen LogP contribution in [-0.4, -0.2) is 110 Å². The molecule has 0 fully saturated rings. The third-order valence-electron chi connectivity index (χ3n) is 7.70. The van der Waals surface area contributed by atoms with Gasteiger partial charge in [0.15, 0.2) is 6.29 Å². The number of alkyl halides is 3. The minimum absolute atomic E-state index is 0. The minimum atomic E-state index is -5.08. The number of hydrogen-bond acceptors (Lipinski definition) is 15. The standard InChI is InChI=1S/C19H25N7O.C17H18N6O2.C3H8.C2HF3O2.CH4/c1-13-8-18(20-2)24-19(22-13)23-15-6-7-17(27-5)16(9-15)26-12-14(10-21-26)11-25(3)4;1-11-6-16(18-2)22-17(20-11)21-13-4-5-15(25-3)14(7-13)23-9-12(10-24)8-19-23;1-3-2;3-2(4,5)1(6)7;/h6-10,12H,11H2,1-5H3,(H2,20,22,23,24);4-10H,1-3H3,(H2,18,20,21,22);3H2,1-2H3;(H,6,7);1H4. The third kappa shape index (κ3) is 16.3. The maximum atomic E-state index is 10.9. The van der Waals surface area contributed by atoms with Crippen molar-refractivity contribution >= 4 is 47.2 Å². The summed E-state index contributed by atoms with van der Waals surface area (Å²) in [6.07, 6.45) is 3.91. The Morgan fingerprint density at radius 2 is 1.21 bits per heavy atom. The van der Waals surface area contributed by atoms with E-state index in [2.05, 4.69) is 70.1 Å². The summed E-state index contributed by atoms with van der Waals surface area (Å²) in [5.74, 6) is 1.12. The number of benzene rings is 2. The predicted octanol–water partition coefficient (Wildman–Crippen LogP) is 8.09. The predicted molar refractivity (Wildman–Crippen MR) is 239 cm³/mol. The number of hydrogen-bond donors (Lipinski definition) is 5. The largest absolute Gasteiger partial charge is 0.494 e. The first-order chi connectivity index (χ1) is 29.5. The lowest BCUT2D eigenvalue weighted by Gasteiger charge is -2.12. The molecule has 6 aromatic rings.